The van der Waals surface area contributed by atoms with Crippen LogP contribution in [-0.2, 0) is 14.3 Å². The number of carbonyl (C=O) groups excluding carboxylic acids is 2. The van der Waals surface area contributed by atoms with Crippen molar-refractivity contribution in [3.8, 4) is 11.1 Å². The first-order chi connectivity index (χ1) is 16.9. The van der Waals surface area contributed by atoms with Crippen LogP contribution < -0.4 is 5.32 Å². The van der Waals surface area contributed by atoms with E-state index in [9.17, 15) is 19.5 Å². The fraction of sp³-hybridized carbons (Fsp3) is 0.444. The Balaban J connectivity index is 1.43. The number of ether oxygens (including phenoxy) is 1. The zero-order valence-electron chi connectivity index (χ0n) is 20.1. The number of hydrogen-bond donors (Lipinski definition) is 2. The normalized spacial score (nSPS) is 20.0. The highest BCUT2D eigenvalue weighted by atomic mass is 32.2. The summed E-state index contributed by atoms with van der Waals surface area (Å²) in [6.07, 6.45) is 2.94. The summed E-state index contributed by atoms with van der Waals surface area (Å²) < 4.78 is 5.65. The number of nitrogens with one attached hydrogen (secondary N) is 1. The predicted octanol–water partition coefficient (Wildman–Crippen LogP) is 4.36. The Hall–Kier alpha value is -3.00. The molecule has 0 aromatic heterocycles. The quantitative estimate of drug-likeness (QED) is 0.564. The SMILES string of the molecule is CSCC[C@@H](NC(=O)OCC1c2ccccc2-c2ccccc21)C(=O)N1CC(C(=O)O)CCC1C. The second-order valence-electron chi connectivity index (χ2n) is 9.26. The standard InChI is InChI=1S/C27H32N2O5S/c1-17-11-12-18(26(31)32)15-29(17)25(30)24(13-14-35-2)28-27(33)34-16-23-21-9-5-3-7-19(21)20-8-4-6-10-22(20)23/h3-10,17-18,23-24H,11-16H2,1-2H3,(H,28,33)(H,31,32)/t17?,18?,24-/m1/s1. The Morgan fingerprint density at radius 2 is 1.71 bits per heavy atom. The van der Waals surface area contributed by atoms with E-state index in [4.69, 9.17) is 4.74 Å². The van der Waals surface area contributed by atoms with E-state index in [1.807, 2.05) is 37.4 Å². The van der Waals surface area contributed by atoms with Crippen LogP contribution in [0.4, 0.5) is 4.79 Å². The summed E-state index contributed by atoms with van der Waals surface area (Å²) in [7, 11) is 0. The van der Waals surface area contributed by atoms with E-state index in [0.29, 0.717) is 25.0 Å². The molecule has 2 unspecified atom stereocenters. The van der Waals surface area contributed by atoms with E-state index in [-0.39, 0.29) is 31.0 Å². The number of rotatable bonds is 8. The molecule has 1 saturated heterocycles. The predicted molar refractivity (Wildman–Crippen MR) is 137 cm³/mol. The summed E-state index contributed by atoms with van der Waals surface area (Å²) in [5.74, 6) is -1.09. The van der Waals surface area contributed by atoms with E-state index in [1.165, 1.54) is 0 Å². The second-order valence-corrected chi connectivity index (χ2v) is 10.2. The Morgan fingerprint density at radius 3 is 2.31 bits per heavy atom. The molecule has 1 fully saturated rings. The van der Waals surface area contributed by atoms with Gasteiger partial charge in [0.15, 0.2) is 0 Å². The van der Waals surface area contributed by atoms with Gasteiger partial charge in [0.2, 0.25) is 5.91 Å². The molecule has 8 heteroatoms. The summed E-state index contributed by atoms with van der Waals surface area (Å²) in [5.41, 5.74) is 4.55. The largest absolute Gasteiger partial charge is 0.481 e. The number of amides is 2. The highest BCUT2D eigenvalue weighted by molar-refractivity contribution is 7.98. The Labute approximate surface area is 210 Å². The van der Waals surface area contributed by atoms with Crippen LogP contribution in [-0.4, -0.2) is 65.2 Å². The molecule has 0 spiro atoms. The Kier molecular flexibility index (Phi) is 8.00. The number of benzene rings is 2. The highest BCUT2D eigenvalue weighted by Gasteiger charge is 2.36. The minimum absolute atomic E-state index is 0.0630. The molecule has 2 aromatic carbocycles. The smallest absolute Gasteiger partial charge is 0.407 e. The maximum Gasteiger partial charge on any atom is 0.407 e. The van der Waals surface area contributed by atoms with Crippen LogP contribution in [0.25, 0.3) is 11.1 Å². The molecule has 2 aliphatic rings. The van der Waals surface area contributed by atoms with Crippen molar-refractivity contribution < 1.29 is 24.2 Å². The molecule has 3 atom stereocenters. The maximum absolute atomic E-state index is 13.4. The number of alkyl carbamates (subject to hydrolysis) is 1. The van der Waals surface area contributed by atoms with Crippen molar-refractivity contribution in [3.63, 3.8) is 0 Å². The number of hydrogen-bond acceptors (Lipinski definition) is 5. The van der Waals surface area contributed by atoms with Gasteiger partial charge in [0.25, 0.3) is 0 Å². The lowest BCUT2D eigenvalue weighted by Crippen LogP contribution is -2.55. The number of fused-ring (bicyclic) bond motifs is 3. The Bertz CT molecular complexity index is 1050. The van der Waals surface area contributed by atoms with Gasteiger partial charge in [-0.3, -0.25) is 9.59 Å². The first-order valence-corrected chi connectivity index (χ1v) is 13.4. The van der Waals surface area contributed by atoms with Crippen molar-refractivity contribution in [1.29, 1.82) is 0 Å². The van der Waals surface area contributed by atoms with Crippen molar-refractivity contribution in [1.82, 2.24) is 10.2 Å². The number of thioether (sulfide) groups is 1. The summed E-state index contributed by atoms with van der Waals surface area (Å²) in [6.45, 7) is 2.26. The first kappa shape index (κ1) is 25.1. The van der Waals surface area contributed by atoms with Gasteiger partial charge < -0.3 is 20.1 Å². The molecule has 35 heavy (non-hydrogen) atoms. The van der Waals surface area contributed by atoms with Crippen molar-refractivity contribution in [2.45, 2.75) is 44.2 Å². The van der Waals surface area contributed by atoms with Crippen LogP contribution in [0.2, 0.25) is 0 Å². The maximum atomic E-state index is 13.4. The highest BCUT2D eigenvalue weighted by Crippen LogP contribution is 2.44. The zero-order valence-corrected chi connectivity index (χ0v) is 20.9. The number of piperidine rings is 1. The van der Waals surface area contributed by atoms with Crippen molar-refractivity contribution in [2.24, 2.45) is 5.92 Å². The molecule has 0 saturated carbocycles. The average molecular weight is 497 g/mol. The van der Waals surface area contributed by atoms with Gasteiger partial charge in [0.05, 0.1) is 5.92 Å². The van der Waals surface area contributed by atoms with Crippen LogP contribution in [0.1, 0.15) is 43.2 Å². The van der Waals surface area contributed by atoms with Gasteiger partial charge >= 0.3 is 12.1 Å². The van der Waals surface area contributed by atoms with E-state index in [2.05, 4.69) is 29.6 Å². The molecule has 1 aliphatic heterocycles. The summed E-state index contributed by atoms with van der Waals surface area (Å²) in [5, 5.41) is 12.2. The van der Waals surface area contributed by atoms with Gasteiger partial charge in [0.1, 0.15) is 12.6 Å². The van der Waals surface area contributed by atoms with Gasteiger partial charge in [0, 0.05) is 18.5 Å². The molecule has 2 amide bonds. The molecule has 0 bridgehead atoms. The van der Waals surface area contributed by atoms with Gasteiger partial charge in [-0.2, -0.15) is 11.8 Å². The topological polar surface area (TPSA) is 95.9 Å². The van der Waals surface area contributed by atoms with E-state index >= 15 is 0 Å². The zero-order chi connectivity index (χ0) is 24.9. The van der Waals surface area contributed by atoms with Crippen molar-refractivity contribution in [2.75, 3.05) is 25.2 Å². The van der Waals surface area contributed by atoms with Crippen molar-refractivity contribution >= 4 is 29.7 Å². The van der Waals surface area contributed by atoms with Crippen LogP contribution in [0.5, 0.6) is 0 Å². The number of carboxylic acids is 1. The molecule has 2 aromatic rings. The summed E-state index contributed by atoms with van der Waals surface area (Å²) in [6, 6.07) is 15.4. The fourth-order valence-corrected chi connectivity index (χ4v) is 5.56. The average Bonchev–Trinajstić information content (AvgIpc) is 3.18. The third kappa shape index (κ3) is 5.48. The number of carboxylic acid groups (broad SMARTS) is 1. The van der Waals surface area contributed by atoms with Crippen LogP contribution in [0.15, 0.2) is 48.5 Å². The van der Waals surface area contributed by atoms with E-state index < -0.39 is 24.0 Å². The number of carbonyl (C=O) groups is 3. The molecule has 4 rings (SSSR count). The number of likely N-dealkylation sites (tertiary alicyclic amines) is 1. The third-order valence-corrected chi connectivity index (χ3v) is 7.70. The molecule has 186 valence electrons. The summed E-state index contributed by atoms with van der Waals surface area (Å²) in [4.78, 5) is 39.3. The monoisotopic (exact) mass is 496 g/mol. The van der Waals surface area contributed by atoms with E-state index in [0.717, 1.165) is 22.3 Å². The molecular weight excluding hydrogens is 464 g/mol. The molecule has 1 aliphatic carbocycles. The van der Waals surface area contributed by atoms with Crippen molar-refractivity contribution in [3.05, 3.63) is 59.7 Å². The number of nitrogens with zero attached hydrogens (tertiary/aromatic N) is 1. The molecule has 7 nitrogen and oxygen atoms in total. The lowest BCUT2D eigenvalue weighted by molar-refractivity contribution is -0.147. The molecule has 2 N–H and O–H groups in total. The minimum Gasteiger partial charge on any atom is -0.481 e. The molecule has 0 radical (unpaired) electrons. The Morgan fingerprint density at radius 1 is 1.09 bits per heavy atom. The lowest BCUT2D eigenvalue weighted by Gasteiger charge is -2.38. The van der Waals surface area contributed by atoms with E-state index in [1.54, 1.807) is 16.7 Å². The fourth-order valence-electron chi connectivity index (χ4n) is 5.09. The van der Waals surface area contributed by atoms with Crippen LogP contribution in [0, 0.1) is 5.92 Å². The van der Waals surface area contributed by atoms with Gasteiger partial charge in [-0.15, -0.1) is 0 Å². The van der Waals surface area contributed by atoms with Gasteiger partial charge in [-0.25, -0.2) is 4.79 Å². The molecular formula is C27H32N2O5S. The van der Waals surface area contributed by atoms with Gasteiger partial charge in [-0.05, 0) is 60.4 Å². The number of aliphatic carboxylic acids is 1. The molecule has 1 heterocycles. The third-order valence-electron chi connectivity index (χ3n) is 7.06. The van der Waals surface area contributed by atoms with Crippen LogP contribution >= 0.6 is 11.8 Å². The lowest BCUT2D eigenvalue weighted by atomic mass is 9.92. The second kappa shape index (κ2) is 11.2. The first-order valence-electron chi connectivity index (χ1n) is 12.0. The minimum atomic E-state index is -0.889. The van der Waals surface area contributed by atoms with Crippen LogP contribution in [0.3, 0.4) is 0 Å². The summed E-state index contributed by atoms with van der Waals surface area (Å²) >= 11 is 1.59. The van der Waals surface area contributed by atoms with Gasteiger partial charge in [-0.1, -0.05) is 48.5 Å².